The number of pyridine rings is 2. The highest BCUT2D eigenvalue weighted by Crippen LogP contribution is 2.30. The van der Waals surface area contributed by atoms with Gasteiger partial charge in [0.25, 0.3) is 5.91 Å². The van der Waals surface area contributed by atoms with Gasteiger partial charge in [0.15, 0.2) is 11.5 Å². The molecule has 4 rings (SSSR count). The monoisotopic (exact) mass is 378 g/mol. The predicted octanol–water partition coefficient (Wildman–Crippen LogP) is 2.90. The van der Waals surface area contributed by atoms with E-state index in [9.17, 15) is 4.79 Å². The van der Waals surface area contributed by atoms with E-state index in [1.807, 2.05) is 34.9 Å². The van der Waals surface area contributed by atoms with Gasteiger partial charge in [-0.05, 0) is 42.0 Å². The molecular formula is C19H15ClN6O. The summed E-state index contributed by atoms with van der Waals surface area (Å²) in [6, 6.07) is 14.5. The number of anilines is 1. The minimum absolute atomic E-state index is 0.159. The Morgan fingerprint density at radius 3 is 2.52 bits per heavy atom. The lowest BCUT2D eigenvalue weighted by Gasteiger charge is -2.10. The van der Waals surface area contributed by atoms with Crippen LogP contribution in [0.25, 0.3) is 28.2 Å². The molecule has 0 spiro atoms. The lowest BCUT2D eigenvalue weighted by molar-refractivity contribution is 0.0996. The van der Waals surface area contributed by atoms with E-state index in [2.05, 4.69) is 15.0 Å². The third-order valence-corrected chi connectivity index (χ3v) is 4.49. The van der Waals surface area contributed by atoms with E-state index in [4.69, 9.17) is 23.1 Å². The number of rotatable bonds is 4. The quantitative estimate of drug-likeness (QED) is 0.530. The summed E-state index contributed by atoms with van der Waals surface area (Å²) in [7, 11) is 0. The zero-order valence-electron chi connectivity index (χ0n) is 14.1. The van der Waals surface area contributed by atoms with Crippen LogP contribution >= 0.6 is 11.6 Å². The number of halogens is 1. The molecule has 1 amide bonds. The van der Waals surface area contributed by atoms with Gasteiger partial charge in [-0.15, -0.1) is 11.6 Å². The number of carbonyl (C=O) groups is 1. The Bertz CT molecular complexity index is 1150. The summed E-state index contributed by atoms with van der Waals surface area (Å²) in [6.07, 6.45) is 1.62. The van der Waals surface area contributed by atoms with Crippen LogP contribution in [-0.4, -0.2) is 25.4 Å². The van der Waals surface area contributed by atoms with Crippen molar-refractivity contribution in [3.8, 4) is 17.1 Å². The van der Waals surface area contributed by atoms with Crippen LogP contribution < -0.4 is 11.5 Å². The molecule has 8 heteroatoms. The van der Waals surface area contributed by atoms with E-state index >= 15 is 0 Å². The van der Waals surface area contributed by atoms with E-state index in [1.165, 1.54) is 0 Å². The lowest BCUT2D eigenvalue weighted by atomic mass is 10.2. The van der Waals surface area contributed by atoms with Gasteiger partial charge in [-0.2, -0.15) is 0 Å². The maximum atomic E-state index is 11.6. The largest absolute Gasteiger partial charge is 0.383 e. The topological polar surface area (TPSA) is 113 Å². The molecule has 0 aliphatic carbocycles. The Kier molecular flexibility index (Phi) is 4.21. The molecule has 7 nitrogen and oxygen atoms in total. The third-order valence-electron chi connectivity index (χ3n) is 4.19. The second kappa shape index (κ2) is 6.69. The molecule has 0 radical (unpaired) electrons. The number of nitrogens with zero attached hydrogens (tertiary/aromatic N) is 4. The highest BCUT2D eigenvalue weighted by molar-refractivity contribution is 6.17. The Balaban J connectivity index is 2.04. The van der Waals surface area contributed by atoms with E-state index in [0.29, 0.717) is 34.2 Å². The molecule has 3 heterocycles. The third kappa shape index (κ3) is 2.98. The maximum Gasteiger partial charge on any atom is 0.267 e. The smallest absolute Gasteiger partial charge is 0.267 e. The first-order chi connectivity index (χ1) is 13.1. The van der Waals surface area contributed by atoms with Crippen LogP contribution in [-0.2, 0) is 5.88 Å². The number of nitrogens with two attached hydrogens (primary N) is 2. The van der Waals surface area contributed by atoms with Crippen molar-refractivity contribution in [2.75, 3.05) is 5.73 Å². The van der Waals surface area contributed by atoms with Crippen molar-refractivity contribution in [3.05, 3.63) is 66.0 Å². The molecule has 0 aliphatic heterocycles. The number of carbonyl (C=O) groups excluding carboxylic acids is 1. The second-order valence-corrected chi connectivity index (χ2v) is 6.18. The first-order valence-corrected chi connectivity index (χ1v) is 8.67. The highest BCUT2D eigenvalue weighted by atomic mass is 35.5. The van der Waals surface area contributed by atoms with E-state index in [-0.39, 0.29) is 5.69 Å². The number of hydrogen-bond acceptors (Lipinski definition) is 5. The van der Waals surface area contributed by atoms with Gasteiger partial charge >= 0.3 is 0 Å². The normalized spacial score (nSPS) is 11.0. The van der Waals surface area contributed by atoms with Gasteiger partial charge in [-0.1, -0.05) is 12.1 Å². The lowest BCUT2D eigenvalue weighted by Crippen LogP contribution is -2.13. The van der Waals surface area contributed by atoms with Crippen LogP contribution in [0.4, 0.5) is 5.82 Å². The highest BCUT2D eigenvalue weighted by Gasteiger charge is 2.19. The van der Waals surface area contributed by atoms with Crippen LogP contribution in [0, 0.1) is 0 Å². The molecule has 0 aliphatic rings. The fourth-order valence-electron chi connectivity index (χ4n) is 2.86. The molecule has 0 bridgehead atoms. The fraction of sp³-hybridized carbons (Fsp3) is 0.0526. The number of nitrogen functional groups attached to an aromatic ring is 1. The molecule has 1 aromatic carbocycles. The molecule has 4 aromatic rings. The van der Waals surface area contributed by atoms with Crippen LogP contribution in [0.2, 0.25) is 0 Å². The van der Waals surface area contributed by atoms with Gasteiger partial charge in [0.05, 0.1) is 5.56 Å². The zero-order valence-corrected chi connectivity index (χ0v) is 14.9. The van der Waals surface area contributed by atoms with Crippen LogP contribution in [0.1, 0.15) is 16.1 Å². The van der Waals surface area contributed by atoms with Crippen molar-refractivity contribution in [1.29, 1.82) is 0 Å². The van der Waals surface area contributed by atoms with Crippen molar-refractivity contribution < 1.29 is 4.79 Å². The average Bonchev–Trinajstić information content (AvgIpc) is 3.06. The van der Waals surface area contributed by atoms with Crippen molar-refractivity contribution in [2.24, 2.45) is 5.73 Å². The summed E-state index contributed by atoms with van der Waals surface area (Å²) < 4.78 is 1.83. The fourth-order valence-corrected chi connectivity index (χ4v) is 3.04. The Morgan fingerprint density at radius 1 is 1.07 bits per heavy atom. The molecule has 0 saturated heterocycles. The van der Waals surface area contributed by atoms with E-state index in [0.717, 1.165) is 11.3 Å². The minimum Gasteiger partial charge on any atom is -0.383 e. The average molecular weight is 379 g/mol. The summed E-state index contributed by atoms with van der Waals surface area (Å²) in [4.78, 5) is 24.8. The van der Waals surface area contributed by atoms with Gasteiger partial charge in [0.2, 0.25) is 0 Å². The molecule has 3 aromatic heterocycles. The molecular weight excluding hydrogens is 364 g/mol. The summed E-state index contributed by atoms with van der Waals surface area (Å²) >= 11 is 5.90. The van der Waals surface area contributed by atoms with E-state index < -0.39 is 5.91 Å². The molecule has 134 valence electrons. The minimum atomic E-state index is -0.607. The van der Waals surface area contributed by atoms with Gasteiger partial charge in [-0.3, -0.25) is 9.36 Å². The van der Waals surface area contributed by atoms with Crippen molar-refractivity contribution in [2.45, 2.75) is 5.88 Å². The van der Waals surface area contributed by atoms with E-state index in [1.54, 1.807) is 24.4 Å². The molecule has 0 unspecified atom stereocenters. The van der Waals surface area contributed by atoms with Gasteiger partial charge in [-0.25, -0.2) is 15.0 Å². The molecule has 0 fully saturated rings. The number of imidazole rings is 1. The van der Waals surface area contributed by atoms with Gasteiger partial charge in [0.1, 0.15) is 17.0 Å². The van der Waals surface area contributed by atoms with Crippen LogP contribution in [0.5, 0.6) is 0 Å². The molecule has 0 atom stereocenters. The first kappa shape index (κ1) is 17.0. The Labute approximate surface area is 159 Å². The van der Waals surface area contributed by atoms with Crippen molar-refractivity contribution >= 4 is 34.5 Å². The van der Waals surface area contributed by atoms with Crippen LogP contribution in [0.3, 0.4) is 0 Å². The van der Waals surface area contributed by atoms with Gasteiger partial charge < -0.3 is 11.5 Å². The molecule has 4 N–H and O–H groups in total. The Morgan fingerprint density at radius 2 is 1.85 bits per heavy atom. The number of primary amides is 1. The predicted molar refractivity (Wildman–Crippen MR) is 105 cm³/mol. The maximum absolute atomic E-state index is 11.6. The Hall–Kier alpha value is -3.45. The second-order valence-electron chi connectivity index (χ2n) is 5.91. The number of fused-ring (bicyclic) bond motifs is 1. The van der Waals surface area contributed by atoms with Crippen LogP contribution in [0.15, 0.2) is 54.7 Å². The first-order valence-electron chi connectivity index (χ1n) is 8.14. The number of benzene rings is 1. The summed E-state index contributed by atoms with van der Waals surface area (Å²) in [5.74, 6) is 0.728. The molecule has 27 heavy (non-hydrogen) atoms. The van der Waals surface area contributed by atoms with Crippen molar-refractivity contribution in [3.63, 3.8) is 0 Å². The number of amides is 1. The number of aromatic nitrogens is 4. The number of alkyl halides is 1. The summed E-state index contributed by atoms with van der Waals surface area (Å²) in [6.45, 7) is 0. The zero-order chi connectivity index (χ0) is 19.0. The standard InChI is InChI=1S/C19H15ClN6O/c20-10-11-3-5-12(6-4-11)26-18(13-2-1-9-23-16(13)21)25-15-8-7-14(17(22)27)24-19(15)26/h1-9H,10H2,(H2,21,23)(H2,22,27). The summed E-state index contributed by atoms with van der Waals surface area (Å²) in [5, 5.41) is 0. The van der Waals surface area contributed by atoms with Gasteiger partial charge in [0, 0.05) is 17.8 Å². The van der Waals surface area contributed by atoms with Crippen molar-refractivity contribution in [1.82, 2.24) is 19.5 Å². The summed E-state index contributed by atoms with van der Waals surface area (Å²) in [5.41, 5.74) is 15.2. The molecule has 0 saturated carbocycles. The SMILES string of the molecule is NC(=O)c1ccc2nc(-c3cccnc3N)n(-c3ccc(CCl)cc3)c2n1. The number of hydrogen-bond donors (Lipinski definition) is 2.